The molecule has 0 spiro atoms. The molecule has 6 nitrogen and oxygen atoms in total. The molecule has 1 aliphatic carbocycles. The van der Waals surface area contributed by atoms with Crippen LogP contribution >= 0.6 is 0 Å². The van der Waals surface area contributed by atoms with Crippen LogP contribution in [-0.4, -0.2) is 29.5 Å². The van der Waals surface area contributed by atoms with Crippen molar-refractivity contribution in [1.82, 2.24) is 15.3 Å². The average Bonchev–Trinajstić information content (AvgIpc) is 2.73. The summed E-state index contributed by atoms with van der Waals surface area (Å²) in [4.78, 5) is 20.9. The average molecular weight is 366 g/mol. The Hall–Kier alpha value is -2.89. The largest absolute Gasteiger partial charge is 0.496 e. The predicted octanol–water partition coefficient (Wildman–Crippen LogP) is 3.72. The van der Waals surface area contributed by atoms with Crippen molar-refractivity contribution in [2.45, 2.75) is 38.6 Å². The molecule has 0 saturated carbocycles. The number of nitrogens with zero attached hydrogens (tertiary/aromatic N) is 2. The third-order valence-electron chi connectivity index (χ3n) is 4.63. The number of allylic oxidation sites excluding steroid dienone is 1. The Balaban J connectivity index is 1.53. The van der Waals surface area contributed by atoms with Crippen LogP contribution in [-0.2, 0) is 6.54 Å². The molecule has 3 rings (SSSR count). The highest BCUT2D eigenvalue weighted by Crippen LogP contribution is 2.20. The van der Waals surface area contributed by atoms with Gasteiger partial charge in [-0.05, 0) is 44.2 Å². The number of carbonyl (C=O) groups is 1. The first-order valence-electron chi connectivity index (χ1n) is 9.41. The van der Waals surface area contributed by atoms with Crippen molar-refractivity contribution in [3.8, 4) is 5.75 Å². The molecule has 0 aliphatic heterocycles. The van der Waals surface area contributed by atoms with Gasteiger partial charge in [-0.2, -0.15) is 0 Å². The number of hydrogen-bond donors (Lipinski definition) is 2. The van der Waals surface area contributed by atoms with Crippen molar-refractivity contribution in [3.63, 3.8) is 0 Å². The Kier molecular flexibility index (Phi) is 6.79. The number of benzene rings is 1. The Bertz CT molecular complexity index is 804. The smallest absolute Gasteiger partial charge is 0.270 e. The fourth-order valence-electron chi connectivity index (χ4n) is 3.15. The maximum Gasteiger partial charge on any atom is 0.270 e. The Labute approximate surface area is 160 Å². The van der Waals surface area contributed by atoms with E-state index in [1.165, 1.54) is 31.3 Å². The lowest BCUT2D eigenvalue weighted by Gasteiger charge is -2.13. The molecule has 0 bridgehead atoms. The van der Waals surface area contributed by atoms with Crippen molar-refractivity contribution in [2.24, 2.45) is 0 Å². The van der Waals surface area contributed by atoms with Gasteiger partial charge in [0.05, 0.1) is 7.11 Å². The zero-order valence-corrected chi connectivity index (χ0v) is 15.7. The molecule has 0 radical (unpaired) electrons. The van der Waals surface area contributed by atoms with E-state index in [9.17, 15) is 4.79 Å². The predicted molar refractivity (Wildman–Crippen MR) is 106 cm³/mol. The second-order valence-corrected chi connectivity index (χ2v) is 6.54. The van der Waals surface area contributed by atoms with E-state index in [2.05, 4.69) is 26.7 Å². The van der Waals surface area contributed by atoms with Crippen molar-refractivity contribution >= 4 is 11.9 Å². The summed E-state index contributed by atoms with van der Waals surface area (Å²) >= 11 is 0. The highest BCUT2D eigenvalue weighted by Gasteiger charge is 2.10. The van der Waals surface area contributed by atoms with Crippen LogP contribution in [0.2, 0.25) is 0 Å². The number of hydrogen-bond acceptors (Lipinski definition) is 5. The number of aromatic nitrogens is 2. The summed E-state index contributed by atoms with van der Waals surface area (Å²) < 4.78 is 5.31. The molecule has 0 saturated heterocycles. The maximum atomic E-state index is 12.4. The van der Waals surface area contributed by atoms with Crippen LogP contribution in [0, 0.1) is 0 Å². The van der Waals surface area contributed by atoms with Gasteiger partial charge in [-0.3, -0.25) is 4.79 Å². The molecule has 6 heteroatoms. The van der Waals surface area contributed by atoms with E-state index >= 15 is 0 Å². The summed E-state index contributed by atoms with van der Waals surface area (Å²) in [7, 11) is 1.62. The number of anilines is 1. The van der Waals surface area contributed by atoms with Crippen LogP contribution in [0.1, 0.15) is 48.2 Å². The van der Waals surface area contributed by atoms with E-state index in [4.69, 9.17) is 4.74 Å². The number of nitrogens with one attached hydrogen (secondary N) is 2. The fraction of sp³-hybridized carbons (Fsp3) is 0.381. The standard InChI is InChI=1S/C21H26N4O2/c1-27-19-10-6-5-9-17(19)15-24-20(26)18-12-14-23-21(25-18)22-13-11-16-7-3-2-4-8-16/h5-7,9-10,12,14H,2-4,8,11,13,15H2,1H3,(H,24,26)(H,22,23,25). The van der Waals surface area contributed by atoms with Gasteiger partial charge in [0.2, 0.25) is 5.95 Å². The number of ether oxygens (including phenoxy) is 1. The summed E-state index contributed by atoms with van der Waals surface area (Å²) in [6, 6.07) is 9.22. The van der Waals surface area contributed by atoms with Gasteiger partial charge in [0, 0.05) is 24.8 Å². The second kappa shape index (κ2) is 9.71. The Morgan fingerprint density at radius 1 is 1.22 bits per heavy atom. The molecule has 0 fully saturated rings. The summed E-state index contributed by atoms with van der Waals surface area (Å²) in [5.74, 6) is 0.998. The molecule has 0 unspecified atom stereocenters. The molecule has 1 heterocycles. The summed E-state index contributed by atoms with van der Waals surface area (Å²) in [5, 5.41) is 6.10. The molecule has 2 N–H and O–H groups in total. The lowest BCUT2D eigenvalue weighted by Crippen LogP contribution is -2.24. The second-order valence-electron chi connectivity index (χ2n) is 6.54. The molecular weight excluding hydrogens is 340 g/mol. The van der Waals surface area contributed by atoms with Gasteiger partial charge in [0.1, 0.15) is 11.4 Å². The van der Waals surface area contributed by atoms with E-state index in [1.807, 2.05) is 24.3 Å². The Morgan fingerprint density at radius 2 is 2.11 bits per heavy atom. The first-order valence-corrected chi connectivity index (χ1v) is 9.41. The maximum absolute atomic E-state index is 12.4. The van der Waals surface area contributed by atoms with Crippen LogP contribution in [0.15, 0.2) is 48.2 Å². The number of para-hydroxylation sites is 1. The van der Waals surface area contributed by atoms with Crippen molar-refractivity contribution in [1.29, 1.82) is 0 Å². The Morgan fingerprint density at radius 3 is 2.93 bits per heavy atom. The fourth-order valence-corrected chi connectivity index (χ4v) is 3.15. The van der Waals surface area contributed by atoms with E-state index < -0.39 is 0 Å². The number of rotatable bonds is 8. The molecule has 0 atom stereocenters. The summed E-state index contributed by atoms with van der Waals surface area (Å²) in [6.45, 7) is 1.15. The van der Waals surface area contributed by atoms with E-state index in [0.29, 0.717) is 18.2 Å². The molecule has 1 amide bonds. The van der Waals surface area contributed by atoms with Crippen molar-refractivity contribution in [3.05, 3.63) is 59.4 Å². The zero-order chi connectivity index (χ0) is 18.9. The van der Waals surface area contributed by atoms with E-state index in [1.54, 1.807) is 19.4 Å². The van der Waals surface area contributed by atoms with Crippen LogP contribution in [0.4, 0.5) is 5.95 Å². The third-order valence-corrected chi connectivity index (χ3v) is 4.63. The molecule has 2 aromatic rings. The van der Waals surface area contributed by atoms with Gasteiger partial charge < -0.3 is 15.4 Å². The minimum atomic E-state index is -0.235. The van der Waals surface area contributed by atoms with Gasteiger partial charge in [0.15, 0.2) is 0 Å². The quantitative estimate of drug-likeness (QED) is 0.697. The highest BCUT2D eigenvalue weighted by molar-refractivity contribution is 5.92. The highest BCUT2D eigenvalue weighted by atomic mass is 16.5. The minimum absolute atomic E-state index is 0.235. The van der Waals surface area contributed by atoms with Gasteiger partial charge in [-0.1, -0.05) is 29.8 Å². The van der Waals surface area contributed by atoms with E-state index in [0.717, 1.165) is 24.3 Å². The number of amides is 1. The molecular formula is C21H26N4O2. The molecule has 27 heavy (non-hydrogen) atoms. The first kappa shape index (κ1) is 18.9. The van der Waals surface area contributed by atoms with Gasteiger partial charge in [-0.15, -0.1) is 0 Å². The van der Waals surface area contributed by atoms with Gasteiger partial charge >= 0.3 is 0 Å². The summed E-state index contributed by atoms with van der Waals surface area (Å²) in [5.41, 5.74) is 2.76. The molecule has 1 aliphatic rings. The number of carbonyl (C=O) groups excluding carboxylic acids is 1. The van der Waals surface area contributed by atoms with Gasteiger partial charge in [0.25, 0.3) is 5.91 Å². The molecule has 1 aromatic carbocycles. The van der Waals surface area contributed by atoms with Crippen molar-refractivity contribution < 1.29 is 9.53 Å². The monoisotopic (exact) mass is 366 g/mol. The minimum Gasteiger partial charge on any atom is -0.496 e. The third kappa shape index (κ3) is 5.54. The number of methoxy groups -OCH3 is 1. The van der Waals surface area contributed by atoms with Crippen LogP contribution < -0.4 is 15.4 Å². The lowest BCUT2D eigenvalue weighted by atomic mass is 9.97. The lowest BCUT2D eigenvalue weighted by molar-refractivity contribution is 0.0945. The topological polar surface area (TPSA) is 76.1 Å². The molecule has 142 valence electrons. The molecule has 1 aromatic heterocycles. The van der Waals surface area contributed by atoms with Crippen LogP contribution in [0.5, 0.6) is 5.75 Å². The van der Waals surface area contributed by atoms with Gasteiger partial charge in [-0.25, -0.2) is 9.97 Å². The van der Waals surface area contributed by atoms with Crippen LogP contribution in [0.3, 0.4) is 0 Å². The van der Waals surface area contributed by atoms with E-state index in [-0.39, 0.29) is 5.91 Å². The summed E-state index contributed by atoms with van der Waals surface area (Å²) in [6.07, 6.45) is 9.90. The van der Waals surface area contributed by atoms with Crippen LogP contribution in [0.25, 0.3) is 0 Å². The zero-order valence-electron chi connectivity index (χ0n) is 15.7. The van der Waals surface area contributed by atoms with Crippen molar-refractivity contribution in [2.75, 3.05) is 19.0 Å². The normalized spacial score (nSPS) is 13.6. The first-order chi connectivity index (χ1) is 13.3. The SMILES string of the molecule is COc1ccccc1CNC(=O)c1ccnc(NCCC2=CCCCC2)n1.